The van der Waals surface area contributed by atoms with Gasteiger partial charge in [-0.2, -0.15) is 0 Å². The first-order chi connectivity index (χ1) is 8.58. The lowest BCUT2D eigenvalue weighted by molar-refractivity contribution is -0.385. The number of anilines is 1. The van der Waals surface area contributed by atoms with E-state index in [4.69, 9.17) is 0 Å². The van der Waals surface area contributed by atoms with Crippen molar-refractivity contribution in [2.45, 2.75) is 25.8 Å². The van der Waals surface area contributed by atoms with E-state index in [-0.39, 0.29) is 10.6 Å². The van der Waals surface area contributed by atoms with Crippen LogP contribution in [0.15, 0.2) is 18.2 Å². The standard InChI is InChI=1S/C13H19N3O2/c1-10-3-4-11(9-13(10)16(17)18)14-7-8-15(2)12-5-6-12/h3-4,9,12,14H,5-8H2,1-2H3. The lowest BCUT2D eigenvalue weighted by Crippen LogP contribution is -2.27. The van der Waals surface area contributed by atoms with Gasteiger partial charge in [-0.25, -0.2) is 0 Å². The summed E-state index contributed by atoms with van der Waals surface area (Å²) in [5.74, 6) is 0. The summed E-state index contributed by atoms with van der Waals surface area (Å²) in [5, 5.41) is 14.1. The summed E-state index contributed by atoms with van der Waals surface area (Å²) in [4.78, 5) is 12.8. The molecule has 18 heavy (non-hydrogen) atoms. The van der Waals surface area contributed by atoms with Crippen molar-refractivity contribution in [2.75, 3.05) is 25.5 Å². The summed E-state index contributed by atoms with van der Waals surface area (Å²) >= 11 is 0. The highest BCUT2D eigenvalue weighted by Gasteiger charge is 2.25. The SMILES string of the molecule is Cc1ccc(NCCN(C)C2CC2)cc1[N+](=O)[O-]. The number of nitrogens with one attached hydrogen (secondary N) is 1. The highest BCUT2D eigenvalue weighted by atomic mass is 16.6. The van der Waals surface area contributed by atoms with E-state index in [0.29, 0.717) is 5.56 Å². The summed E-state index contributed by atoms with van der Waals surface area (Å²) in [5.41, 5.74) is 1.69. The molecule has 5 nitrogen and oxygen atoms in total. The second kappa shape index (κ2) is 5.35. The van der Waals surface area contributed by atoms with E-state index in [1.165, 1.54) is 12.8 Å². The van der Waals surface area contributed by atoms with Crippen molar-refractivity contribution in [1.82, 2.24) is 4.90 Å². The van der Waals surface area contributed by atoms with Crippen LogP contribution in [0.2, 0.25) is 0 Å². The molecule has 0 saturated heterocycles. The fraction of sp³-hybridized carbons (Fsp3) is 0.538. The van der Waals surface area contributed by atoms with E-state index >= 15 is 0 Å². The third-order valence-electron chi connectivity index (χ3n) is 3.37. The molecular formula is C13H19N3O2. The molecule has 1 aliphatic carbocycles. The molecule has 5 heteroatoms. The second-order valence-corrected chi connectivity index (χ2v) is 4.90. The molecule has 0 radical (unpaired) electrons. The first-order valence-corrected chi connectivity index (χ1v) is 6.27. The largest absolute Gasteiger partial charge is 0.384 e. The van der Waals surface area contributed by atoms with Crippen LogP contribution in [0.1, 0.15) is 18.4 Å². The molecule has 1 saturated carbocycles. The Labute approximate surface area is 107 Å². The van der Waals surface area contributed by atoms with Crippen molar-refractivity contribution in [3.05, 3.63) is 33.9 Å². The van der Waals surface area contributed by atoms with Gasteiger partial charge in [0.2, 0.25) is 0 Å². The molecule has 0 aliphatic heterocycles. The molecule has 0 spiro atoms. The van der Waals surface area contributed by atoms with E-state index in [1.54, 1.807) is 19.1 Å². The Hall–Kier alpha value is -1.62. The van der Waals surface area contributed by atoms with Gasteiger partial charge in [-0.3, -0.25) is 10.1 Å². The van der Waals surface area contributed by atoms with Gasteiger partial charge in [0.25, 0.3) is 5.69 Å². The smallest absolute Gasteiger partial charge is 0.274 e. The van der Waals surface area contributed by atoms with Crippen molar-refractivity contribution >= 4 is 11.4 Å². The minimum absolute atomic E-state index is 0.176. The zero-order chi connectivity index (χ0) is 13.1. The Morgan fingerprint density at radius 2 is 2.22 bits per heavy atom. The molecule has 2 rings (SSSR count). The molecule has 0 heterocycles. The van der Waals surface area contributed by atoms with Crippen LogP contribution in [-0.2, 0) is 0 Å². The zero-order valence-electron chi connectivity index (χ0n) is 10.8. The first-order valence-electron chi connectivity index (χ1n) is 6.27. The Kier molecular flexibility index (Phi) is 3.81. The molecule has 1 aliphatic rings. The van der Waals surface area contributed by atoms with Gasteiger partial charge in [0.05, 0.1) is 4.92 Å². The van der Waals surface area contributed by atoms with Crippen LogP contribution in [-0.4, -0.2) is 36.0 Å². The normalized spacial score (nSPS) is 14.8. The minimum Gasteiger partial charge on any atom is -0.384 e. The fourth-order valence-electron chi connectivity index (χ4n) is 1.99. The van der Waals surface area contributed by atoms with Crippen molar-refractivity contribution in [3.63, 3.8) is 0 Å². The van der Waals surface area contributed by atoms with Crippen LogP contribution in [0.4, 0.5) is 11.4 Å². The van der Waals surface area contributed by atoms with Gasteiger partial charge in [-0.05, 0) is 32.9 Å². The number of likely N-dealkylation sites (N-methyl/N-ethyl adjacent to an activating group) is 1. The summed E-state index contributed by atoms with van der Waals surface area (Å²) in [6.45, 7) is 3.53. The molecule has 0 amide bonds. The Morgan fingerprint density at radius 1 is 1.50 bits per heavy atom. The molecule has 0 bridgehead atoms. The van der Waals surface area contributed by atoms with Gasteiger partial charge >= 0.3 is 0 Å². The van der Waals surface area contributed by atoms with Crippen LogP contribution >= 0.6 is 0 Å². The highest BCUT2D eigenvalue weighted by molar-refractivity contribution is 5.54. The average molecular weight is 249 g/mol. The lowest BCUT2D eigenvalue weighted by atomic mass is 10.2. The number of nitro groups is 1. The zero-order valence-corrected chi connectivity index (χ0v) is 10.8. The molecule has 98 valence electrons. The molecule has 0 unspecified atom stereocenters. The second-order valence-electron chi connectivity index (χ2n) is 4.90. The van der Waals surface area contributed by atoms with E-state index in [9.17, 15) is 10.1 Å². The Bertz CT molecular complexity index is 444. The van der Waals surface area contributed by atoms with Crippen LogP contribution < -0.4 is 5.32 Å². The fourth-order valence-corrected chi connectivity index (χ4v) is 1.99. The molecular weight excluding hydrogens is 230 g/mol. The predicted molar refractivity (Wildman–Crippen MR) is 72.0 cm³/mol. The van der Waals surface area contributed by atoms with E-state index in [1.807, 2.05) is 6.07 Å². The summed E-state index contributed by atoms with van der Waals surface area (Å²) < 4.78 is 0. The van der Waals surface area contributed by atoms with Crippen molar-refractivity contribution in [1.29, 1.82) is 0 Å². The maximum Gasteiger partial charge on any atom is 0.274 e. The van der Waals surface area contributed by atoms with Gasteiger partial charge in [0.1, 0.15) is 0 Å². The first kappa shape index (κ1) is 12.8. The average Bonchev–Trinajstić information content (AvgIpc) is 3.14. The molecule has 1 fully saturated rings. The Morgan fingerprint density at radius 3 is 2.83 bits per heavy atom. The quantitative estimate of drug-likeness (QED) is 0.621. The minimum atomic E-state index is -0.336. The lowest BCUT2D eigenvalue weighted by Gasteiger charge is -2.16. The van der Waals surface area contributed by atoms with Crippen LogP contribution in [0, 0.1) is 17.0 Å². The van der Waals surface area contributed by atoms with Crippen molar-refractivity contribution in [3.8, 4) is 0 Å². The monoisotopic (exact) mass is 249 g/mol. The molecule has 0 aromatic heterocycles. The molecule has 0 atom stereocenters. The third kappa shape index (κ3) is 3.20. The summed E-state index contributed by atoms with van der Waals surface area (Å²) in [7, 11) is 2.12. The van der Waals surface area contributed by atoms with Gasteiger partial charge in [-0.1, -0.05) is 6.07 Å². The van der Waals surface area contributed by atoms with Crippen molar-refractivity contribution < 1.29 is 4.92 Å². The maximum atomic E-state index is 10.8. The number of benzene rings is 1. The van der Waals surface area contributed by atoms with Crippen LogP contribution in [0.25, 0.3) is 0 Å². The van der Waals surface area contributed by atoms with Crippen molar-refractivity contribution in [2.24, 2.45) is 0 Å². The number of nitrogens with zero attached hydrogens (tertiary/aromatic N) is 2. The van der Waals surface area contributed by atoms with Gasteiger partial charge in [0.15, 0.2) is 0 Å². The topological polar surface area (TPSA) is 58.4 Å². The van der Waals surface area contributed by atoms with E-state index < -0.39 is 0 Å². The van der Waals surface area contributed by atoms with Gasteiger partial charge in [-0.15, -0.1) is 0 Å². The number of hydrogen-bond acceptors (Lipinski definition) is 4. The summed E-state index contributed by atoms with van der Waals surface area (Å²) in [6, 6.07) is 6.02. The summed E-state index contributed by atoms with van der Waals surface area (Å²) in [6.07, 6.45) is 2.60. The number of aryl methyl sites for hydroxylation is 1. The van der Waals surface area contributed by atoms with Crippen LogP contribution in [0.5, 0.6) is 0 Å². The predicted octanol–water partition coefficient (Wildman–Crippen LogP) is 2.41. The Balaban J connectivity index is 1.88. The van der Waals surface area contributed by atoms with E-state index in [2.05, 4.69) is 17.3 Å². The van der Waals surface area contributed by atoms with Gasteiger partial charge < -0.3 is 10.2 Å². The number of nitro benzene ring substituents is 1. The maximum absolute atomic E-state index is 10.8. The van der Waals surface area contributed by atoms with Gasteiger partial charge in [0, 0.05) is 36.4 Å². The number of hydrogen-bond donors (Lipinski definition) is 1. The third-order valence-corrected chi connectivity index (χ3v) is 3.37. The van der Waals surface area contributed by atoms with Crippen LogP contribution in [0.3, 0.4) is 0 Å². The molecule has 1 aromatic rings. The van der Waals surface area contributed by atoms with E-state index in [0.717, 1.165) is 24.8 Å². The molecule has 1 aromatic carbocycles. The highest BCUT2D eigenvalue weighted by Crippen LogP contribution is 2.25. The molecule has 1 N–H and O–H groups in total. The number of rotatable bonds is 6.